The summed E-state index contributed by atoms with van der Waals surface area (Å²) >= 11 is 3.42. The van der Waals surface area contributed by atoms with Crippen molar-refractivity contribution in [3.63, 3.8) is 0 Å². The Morgan fingerprint density at radius 2 is 1.87 bits per heavy atom. The lowest BCUT2D eigenvalue weighted by Gasteiger charge is -2.30. The van der Waals surface area contributed by atoms with Crippen molar-refractivity contribution in [3.8, 4) is 0 Å². The Balaban J connectivity index is 2.34. The summed E-state index contributed by atoms with van der Waals surface area (Å²) in [5, 5.41) is 0. The normalized spacial score (nSPS) is 13.0. The number of hydrogen-bond donors (Lipinski definition) is 0. The number of halogens is 2. The molecule has 2 rings (SSSR count). The smallest absolute Gasteiger partial charge is 0.213 e. The molecule has 0 aliphatic heterocycles. The van der Waals surface area contributed by atoms with Crippen LogP contribution in [0.1, 0.15) is 43.4 Å². The number of nitrogens with zero attached hydrogens (tertiary/aromatic N) is 1. The molecule has 1 aromatic carbocycles. The minimum Gasteiger partial charge on any atom is -0.299 e. The fourth-order valence-corrected chi connectivity index (χ4v) is 3.10. The molecule has 1 unspecified atom stereocenters. The van der Waals surface area contributed by atoms with Gasteiger partial charge in [0, 0.05) is 23.0 Å². The van der Waals surface area contributed by atoms with E-state index in [1.54, 1.807) is 0 Å². The van der Waals surface area contributed by atoms with Crippen molar-refractivity contribution >= 4 is 21.7 Å². The van der Waals surface area contributed by atoms with Crippen molar-refractivity contribution in [1.29, 1.82) is 0 Å². The largest absolute Gasteiger partial charge is 0.299 e. The first-order chi connectivity index (χ1) is 10.7. The quantitative estimate of drug-likeness (QED) is 0.682. The lowest BCUT2D eigenvalue weighted by molar-refractivity contribution is -0.122. The Bertz CT molecular complexity index is 704. The lowest BCUT2D eigenvalue weighted by Crippen LogP contribution is -2.28. The predicted octanol–water partition coefficient (Wildman–Crippen LogP) is 5.23. The van der Waals surface area contributed by atoms with E-state index in [0.717, 1.165) is 15.6 Å². The number of hydrogen-bond acceptors (Lipinski definition) is 2. The summed E-state index contributed by atoms with van der Waals surface area (Å²) < 4.78 is 14.4. The fourth-order valence-electron chi connectivity index (χ4n) is 2.84. The Kier molecular flexibility index (Phi) is 5.35. The molecule has 122 valence electrons. The molecule has 0 saturated heterocycles. The van der Waals surface area contributed by atoms with Gasteiger partial charge in [-0.1, -0.05) is 48.8 Å². The number of ketones is 1. The number of pyridine rings is 1. The molecule has 0 saturated carbocycles. The van der Waals surface area contributed by atoms with E-state index in [-0.39, 0.29) is 23.5 Å². The van der Waals surface area contributed by atoms with Gasteiger partial charge in [-0.3, -0.25) is 4.79 Å². The molecule has 1 atom stereocenters. The van der Waals surface area contributed by atoms with Gasteiger partial charge >= 0.3 is 0 Å². The van der Waals surface area contributed by atoms with Crippen LogP contribution < -0.4 is 0 Å². The second-order valence-corrected chi connectivity index (χ2v) is 7.84. The van der Waals surface area contributed by atoms with E-state index in [2.05, 4.69) is 41.7 Å². The van der Waals surface area contributed by atoms with E-state index in [9.17, 15) is 9.18 Å². The first kappa shape index (κ1) is 17.8. The number of carbonyl (C=O) groups excluding carboxylic acids is 1. The van der Waals surface area contributed by atoms with E-state index < -0.39 is 5.95 Å². The third-order valence-corrected chi connectivity index (χ3v) is 4.47. The van der Waals surface area contributed by atoms with Crippen LogP contribution in [0.25, 0.3) is 0 Å². The van der Waals surface area contributed by atoms with E-state index in [0.29, 0.717) is 5.56 Å². The van der Waals surface area contributed by atoms with E-state index >= 15 is 0 Å². The van der Waals surface area contributed by atoms with Gasteiger partial charge in [0.05, 0.1) is 0 Å². The Morgan fingerprint density at radius 1 is 1.26 bits per heavy atom. The number of Topliss-reactive ketones (excluding diaryl/α,β-unsaturated/α-hetero) is 1. The standard InChI is InChI=1S/C19H21BrFNO/c1-12-11-22-17(21)10-14(12)9-16(23)18(19(2,3)4)13-5-7-15(20)8-6-13/h5-8,10-11,18H,9H2,1-4H3. The molecule has 0 aliphatic rings. The van der Waals surface area contributed by atoms with E-state index in [1.165, 1.54) is 12.3 Å². The van der Waals surface area contributed by atoms with Gasteiger partial charge in [-0.2, -0.15) is 4.39 Å². The molecule has 0 fully saturated rings. The van der Waals surface area contributed by atoms with Crippen molar-refractivity contribution in [2.45, 2.75) is 40.0 Å². The van der Waals surface area contributed by atoms with Crippen LogP contribution in [0.5, 0.6) is 0 Å². The zero-order chi connectivity index (χ0) is 17.2. The second kappa shape index (κ2) is 6.91. The molecule has 0 spiro atoms. The molecule has 0 bridgehead atoms. The average Bonchev–Trinajstić information content (AvgIpc) is 2.44. The van der Waals surface area contributed by atoms with E-state index in [4.69, 9.17) is 0 Å². The van der Waals surface area contributed by atoms with Gasteiger partial charge in [0.2, 0.25) is 5.95 Å². The minimum atomic E-state index is -0.547. The van der Waals surface area contributed by atoms with Crippen molar-refractivity contribution in [1.82, 2.24) is 4.98 Å². The van der Waals surface area contributed by atoms with Gasteiger partial charge in [-0.25, -0.2) is 4.98 Å². The molecule has 2 nitrogen and oxygen atoms in total. The van der Waals surface area contributed by atoms with Crippen LogP contribution in [0, 0.1) is 18.3 Å². The molecule has 0 aliphatic carbocycles. The summed E-state index contributed by atoms with van der Waals surface area (Å²) in [5.41, 5.74) is 2.31. The zero-order valence-corrected chi connectivity index (χ0v) is 15.4. The topological polar surface area (TPSA) is 30.0 Å². The Morgan fingerprint density at radius 3 is 2.43 bits per heavy atom. The van der Waals surface area contributed by atoms with Gasteiger partial charge in [-0.05, 0) is 47.2 Å². The SMILES string of the molecule is Cc1cnc(F)cc1CC(=O)C(c1ccc(Br)cc1)C(C)(C)C. The second-order valence-electron chi connectivity index (χ2n) is 6.93. The average molecular weight is 378 g/mol. The molecule has 0 amide bonds. The summed E-state index contributed by atoms with van der Waals surface area (Å²) in [6, 6.07) is 9.18. The van der Waals surface area contributed by atoms with Crippen LogP contribution in [0.2, 0.25) is 0 Å². The molecular formula is C19H21BrFNO. The van der Waals surface area contributed by atoms with Gasteiger partial charge in [0.25, 0.3) is 0 Å². The highest BCUT2D eigenvalue weighted by molar-refractivity contribution is 9.10. The highest BCUT2D eigenvalue weighted by Gasteiger charge is 2.32. The third-order valence-electron chi connectivity index (χ3n) is 3.94. The zero-order valence-electron chi connectivity index (χ0n) is 13.9. The first-order valence-corrected chi connectivity index (χ1v) is 8.37. The number of aryl methyl sites for hydroxylation is 1. The molecule has 1 aromatic heterocycles. The predicted molar refractivity (Wildman–Crippen MR) is 94.0 cm³/mol. The highest BCUT2D eigenvalue weighted by Crippen LogP contribution is 2.37. The van der Waals surface area contributed by atoms with Crippen LogP contribution in [-0.2, 0) is 11.2 Å². The molecule has 23 heavy (non-hydrogen) atoms. The monoisotopic (exact) mass is 377 g/mol. The summed E-state index contributed by atoms with van der Waals surface area (Å²) in [5.74, 6) is -0.700. The summed E-state index contributed by atoms with van der Waals surface area (Å²) in [4.78, 5) is 16.6. The summed E-state index contributed by atoms with van der Waals surface area (Å²) in [6.07, 6.45) is 1.69. The van der Waals surface area contributed by atoms with Gasteiger partial charge in [-0.15, -0.1) is 0 Å². The highest BCUT2D eigenvalue weighted by atomic mass is 79.9. The van der Waals surface area contributed by atoms with Crippen molar-refractivity contribution in [2.24, 2.45) is 5.41 Å². The number of carbonyl (C=O) groups is 1. The van der Waals surface area contributed by atoms with E-state index in [1.807, 2.05) is 31.2 Å². The molecule has 1 heterocycles. The van der Waals surface area contributed by atoms with Crippen LogP contribution in [0.15, 0.2) is 41.0 Å². The molecular weight excluding hydrogens is 357 g/mol. The lowest BCUT2D eigenvalue weighted by atomic mass is 9.73. The summed E-state index contributed by atoms with van der Waals surface area (Å²) in [7, 11) is 0. The Hall–Kier alpha value is -1.55. The molecule has 0 N–H and O–H groups in total. The van der Waals surface area contributed by atoms with Crippen LogP contribution in [0.4, 0.5) is 4.39 Å². The van der Waals surface area contributed by atoms with Crippen LogP contribution in [0.3, 0.4) is 0 Å². The third kappa shape index (κ3) is 4.47. The van der Waals surface area contributed by atoms with Gasteiger partial charge in [0.1, 0.15) is 5.78 Å². The van der Waals surface area contributed by atoms with Gasteiger partial charge < -0.3 is 0 Å². The van der Waals surface area contributed by atoms with Crippen LogP contribution in [-0.4, -0.2) is 10.8 Å². The number of benzene rings is 1. The number of rotatable bonds is 4. The summed E-state index contributed by atoms with van der Waals surface area (Å²) in [6.45, 7) is 8.01. The molecule has 4 heteroatoms. The first-order valence-electron chi connectivity index (χ1n) is 7.57. The van der Waals surface area contributed by atoms with Crippen molar-refractivity contribution in [2.75, 3.05) is 0 Å². The molecule has 0 radical (unpaired) electrons. The minimum absolute atomic E-state index is 0.0912. The van der Waals surface area contributed by atoms with Gasteiger partial charge in [0.15, 0.2) is 0 Å². The van der Waals surface area contributed by atoms with Crippen LogP contribution >= 0.6 is 15.9 Å². The van der Waals surface area contributed by atoms with Crippen molar-refractivity contribution in [3.05, 3.63) is 63.6 Å². The maximum atomic E-state index is 13.4. The maximum Gasteiger partial charge on any atom is 0.213 e. The maximum absolute atomic E-state index is 13.4. The molecule has 2 aromatic rings. The fraction of sp³-hybridized carbons (Fsp3) is 0.368. The number of aromatic nitrogens is 1. The van der Waals surface area contributed by atoms with Crippen molar-refractivity contribution < 1.29 is 9.18 Å². The Labute approximate surface area is 145 Å².